The highest BCUT2D eigenvalue weighted by Gasteiger charge is 2.09. The molecule has 18 heavy (non-hydrogen) atoms. The van der Waals surface area contributed by atoms with Crippen molar-refractivity contribution >= 4 is 11.0 Å². The third-order valence-electron chi connectivity index (χ3n) is 3.12. The van der Waals surface area contributed by atoms with Gasteiger partial charge in [0.2, 0.25) is 0 Å². The minimum atomic E-state index is 0.308. The highest BCUT2D eigenvalue weighted by Crippen LogP contribution is 2.21. The quantitative estimate of drug-likeness (QED) is 0.746. The Morgan fingerprint density at radius 1 is 1.22 bits per heavy atom. The molecular formula is C14H13N3O. The van der Waals surface area contributed by atoms with Crippen LogP contribution in [-0.2, 0) is 13.5 Å². The van der Waals surface area contributed by atoms with Gasteiger partial charge in [-0.3, -0.25) is 4.98 Å². The van der Waals surface area contributed by atoms with Crippen molar-refractivity contribution in [3.05, 3.63) is 54.1 Å². The molecule has 2 aromatic heterocycles. The van der Waals surface area contributed by atoms with Crippen LogP contribution in [0.15, 0.2) is 42.7 Å². The lowest BCUT2D eigenvalue weighted by atomic mass is 10.1. The van der Waals surface area contributed by atoms with Gasteiger partial charge in [0.1, 0.15) is 11.6 Å². The summed E-state index contributed by atoms with van der Waals surface area (Å²) in [6, 6.07) is 9.23. The Balaban J connectivity index is 2.06. The van der Waals surface area contributed by atoms with E-state index in [2.05, 4.69) is 9.97 Å². The van der Waals surface area contributed by atoms with Crippen LogP contribution in [0.2, 0.25) is 0 Å². The summed E-state index contributed by atoms with van der Waals surface area (Å²) in [5, 5.41) is 9.79. The van der Waals surface area contributed by atoms with E-state index >= 15 is 0 Å². The number of nitrogens with zero attached hydrogens (tertiary/aromatic N) is 3. The maximum atomic E-state index is 9.79. The molecule has 1 N–H and O–H groups in total. The second-order valence-electron chi connectivity index (χ2n) is 4.26. The number of para-hydroxylation sites is 1. The molecule has 4 nitrogen and oxygen atoms in total. The number of rotatable bonds is 2. The molecule has 0 aliphatic carbocycles. The van der Waals surface area contributed by atoms with Crippen LogP contribution in [-0.4, -0.2) is 19.6 Å². The lowest BCUT2D eigenvalue weighted by Gasteiger charge is -2.04. The predicted octanol–water partition coefficient (Wildman–Crippen LogP) is 2.26. The highest BCUT2D eigenvalue weighted by atomic mass is 16.3. The fraction of sp³-hybridized carbons (Fsp3) is 0.143. The molecule has 2 heterocycles. The minimum absolute atomic E-state index is 0.308. The minimum Gasteiger partial charge on any atom is -0.508 e. The molecule has 0 amide bonds. The number of pyridine rings is 1. The molecule has 3 aromatic rings. The number of aromatic hydroxyl groups is 1. The number of hydrogen-bond acceptors (Lipinski definition) is 3. The molecule has 0 saturated carbocycles. The third kappa shape index (κ3) is 1.72. The molecule has 0 aliphatic heterocycles. The average molecular weight is 239 g/mol. The van der Waals surface area contributed by atoms with Crippen LogP contribution in [0.25, 0.3) is 11.0 Å². The van der Waals surface area contributed by atoms with E-state index in [1.54, 1.807) is 18.5 Å². The van der Waals surface area contributed by atoms with Gasteiger partial charge in [-0.25, -0.2) is 4.98 Å². The van der Waals surface area contributed by atoms with E-state index < -0.39 is 0 Å². The van der Waals surface area contributed by atoms with Gasteiger partial charge in [0.25, 0.3) is 0 Å². The van der Waals surface area contributed by atoms with Gasteiger partial charge in [-0.2, -0.15) is 0 Å². The maximum Gasteiger partial charge on any atom is 0.119 e. The van der Waals surface area contributed by atoms with E-state index in [1.807, 2.05) is 35.9 Å². The van der Waals surface area contributed by atoms with Crippen molar-refractivity contribution in [3.8, 4) is 5.75 Å². The lowest BCUT2D eigenvalue weighted by Crippen LogP contribution is -1.99. The van der Waals surface area contributed by atoms with Gasteiger partial charge in [-0.05, 0) is 12.1 Å². The number of phenolic OH excluding ortho intramolecular Hbond substituents is 1. The van der Waals surface area contributed by atoms with Gasteiger partial charge in [-0.15, -0.1) is 0 Å². The summed E-state index contributed by atoms with van der Waals surface area (Å²) in [5.41, 5.74) is 2.81. The standard InChI is InChI=1S/C14H13N3O/c1-17-12-9-15-7-6-11(12)16-14(17)8-10-4-2-3-5-13(10)18/h2-7,9,18H,8H2,1H3. The van der Waals surface area contributed by atoms with Crippen molar-refractivity contribution < 1.29 is 5.11 Å². The molecule has 4 heteroatoms. The molecular weight excluding hydrogens is 226 g/mol. The number of hydrogen-bond donors (Lipinski definition) is 1. The fourth-order valence-corrected chi connectivity index (χ4v) is 2.07. The number of phenols is 1. The van der Waals surface area contributed by atoms with Gasteiger partial charge < -0.3 is 9.67 Å². The second-order valence-corrected chi connectivity index (χ2v) is 4.26. The SMILES string of the molecule is Cn1c(Cc2ccccc2O)nc2ccncc21. The van der Waals surface area contributed by atoms with E-state index in [1.165, 1.54) is 0 Å². The second kappa shape index (κ2) is 4.14. The normalized spacial score (nSPS) is 10.9. The third-order valence-corrected chi connectivity index (χ3v) is 3.12. The van der Waals surface area contributed by atoms with Gasteiger partial charge in [0.05, 0.1) is 17.2 Å². The van der Waals surface area contributed by atoms with E-state index in [9.17, 15) is 5.11 Å². The zero-order valence-corrected chi connectivity index (χ0v) is 10.0. The average Bonchev–Trinajstić information content (AvgIpc) is 2.70. The van der Waals surface area contributed by atoms with Crippen molar-refractivity contribution in [2.75, 3.05) is 0 Å². The molecule has 0 unspecified atom stereocenters. The lowest BCUT2D eigenvalue weighted by molar-refractivity contribution is 0.469. The van der Waals surface area contributed by atoms with Gasteiger partial charge in [0.15, 0.2) is 0 Å². The topological polar surface area (TPSA) is 50.9 Å². The number of aryl methyl sites for hydroxylation is 1. The zero-order valence-electron chi connectivity index (χ0n) is 10.0. The first-order valence-electron chi connectivity index (χ1n) is 5.78. The monoisotopic (exact) mass is 239 g/mol. The van der Waals surface area contributed by atoms with Crippen LogP contribution in [0.5, 0.6) is 5.75 Å². The van der Waals surface area contributed by atoms with Crippen molar-refractivity contribution in [2.45, 2.75) is 6.42 Å². The number of imidazole rings is 1. The zero-order chi connectivity index (χ0) is 12.5. The van der Waals surface area contributed by atoms with E-state index in [0.29, 0.717) is 12.2 Å². The molecule has 90 valence electrons. The Morgan fingerprint density at radius 3 is 2.83 bits per heavy atom. The molecule has 0 fully saturated rings. The molecule has 0 spiro atoms. The van der Waals surface area contributed by atoms with Gasteiger partial charge in [0, 0.05) is 25.2 Å². The van der Waals surface area contributed by atoms with E-state index in [-0.39, 0.29) is 0 Å². The molecule has 0 bridgehead atoms. The largest absolute Gasteiger partial charge is 0.508 e. The Labute approximate surface area is 105 Å². The summed E-state index contributed by atoms with van der Waals surface area (Å²) < 4.78 is 2.01. The van der Waals surface area contributed by atoms with Crippen molar-refractivity contribution in [3.63, 3.8) is 0 Å². The summed E-state index contributed by atoms with van der Waals surface area (Å²) in [6.45, 7) is 0. The van der Waals surface area contributed by atoms with Crippen LogP contribution in [0.4, 0.5) is 0 Å². The highest BCUT2D eigenvalue weighted by molar-refractivity contribution is 5.74. The van der Waals surface area contributed by atoms with E-state index in [4.69, 9.17) is 0 Å². The Bertz CT molecular complexity index is 703. The first-order chi connectivity index (χ1) is 8.75. The molecule has 0 radical (unpaired) electrons. The maximum absolute atomic E-state index is 9.79. The summed E-state index contributed by atoms with van der Waals surface area (Å²) in [4.78, 5) is 8.66. The molecule has 0 aliphatic rings. The summed E-state index contributed by atoms with van der Waals surface area (Å²) in [5.74, 6) is 1.22. The van der Waals surface area contributed by atoms with Gasteiger partial charge in [-0.1, -0.05) is 18.2 Å². The van der Waals surface area contributed by atoms with E-state index in [0.717, 1.165) is 22.4 Å². The predicted molar refractivity (Wildman–Crippen MR) is 69.4 cm³/mol. The molecule has 1 aromatic carbocycles. The fourth-order valence-electron chi connectivity index (χ4n) is 2.07. The van der Waals surface area contributed by atoms with Crippen LogP contribution in [0.1, 0.15) is 11.4 Å². The Hall–Kier alpha value is -2.36. The summed E-state index contributed by atoms with van der Waals surface area (Å²) >= 11 is 0. The smallest absolute Gasteiger partial charge is 0.119 e. The number of fused-ring (bicyclic) bond motifs is 1. The van der Waals surface area contributed by atoms with Gasteiger partial charge >= 0.3 is 0 Å². The van der Waals surface area contributed by atoms with Crippen molar-refractivity contribution in [1.82, 2.24) is 14.5 Å². The summed E-state index contributed by atoms with van der Waals surface area (Å²) in [7, 11) is 1.96. The van der Waals surface area contributed by atoms with Crippen LogP contribution < -0.4 is 0 Å². The molecule has 3 rings (SSSR count). The van der Waals surface area contributed by atoms with Crippen molar-refractivity contribution in [2.24, 2.45) is 7.05 Å². The number of aromatic nitrogens is 3. The Morgan fingerprint density at radius 2 is 2.06 bits per heavy atom. The molecule has 0 saturated heterocycles. The first-order valence-corrected chi connectivity index (χ1v) is 5.78. The van der Waals surface area contributed by atoms with Crippen LogP contribution >= 0.6 is 0 Å². The molecule has 0 atom stereocenters. The Kier molecular flexibility index (Phi) is 2.48. The number of benzene rings is 1. The summed E-state index contributed by atoms with van der Waals surface area (Å²) in [6.07, 6.45) is 4.15. The van der Waals surface area contributed by atoms with Crippen LogP contribution in [0.3, 0.4) is 0 Å². The first kappa shape index (κ1) is 10.8. The van der Waals surface area contributed by atoms with Crippen LogP contribution in [0, 0.1) is 0 Å². The van der Waals surface area contributed by atoms with Crippen molar-refractivity contribution in [1.29, 1.82) is 0 Å².